The summed E-state index contributed by atoms with van der Waals surface area (Å²) in [5.74, 6) is 0.370. The van der Waals surface area contributed by atoms with Crippen LogP contribution in [0.15, 0.2) is 12.4 Å². The van der Waals surface area contributed by atoms with Crippen LogP contribution < -0.4 is 0 Å². The Balaban J connectivity index is 1.95. The van der Waals surface area contributed by atoms with Crippen molar-refractivity contribution in [2.75, 3.05) is 13.1 Å². The lowest BCUT2D eigenvalue weighted by atomic mass is 9.92. The molecule has 94 valence electrons. The minimum Gasteiger partial charge on any atom is -0.393 e. The summed E-state index contributed by atoms with van der Waals surface area (Å²) in [5, 5.41) is 13.5. The first-order valence-corrected chi connectivity index (χ1v) is 6.04. The summed E-state index contributed by atoms with van der Waals surface area (Å²) in [7, 11) is 1.80. The van der Waals surface area contributed by atoms with E-state index in [1.54, 1.807) is 24.1 Å². The van der Waals surface area contributed by atoms with Crippen molar-refractivity contribution >= 4 is 5.91 Å². The quantitative estimate of drug-likeness (QED) is 0.821. The number of piperidine rings is 1. The molecule has 1 amide bonds. The minimum atomic E-state index is -0.273. The summed E-state index contributed by atoms with van der Waals surface area (Å²) in [6, 6.07) is 0. The van der Waals surface area contributed by atoms with Gasteiger partial charge in [0.05, 0.1) is 17.9 Å². The first-order chi connectivity index (χ1) is 8.08. The topological polar surface area (TPSA) is 58.4 Å². The van der Waals surface area contributed by atoms with Crippen molar-refractivity contribution in [1.82, 2.24) is 14.7 Å². The molecule has 0 aromatic carbocycles. The van der Waals surface area contributed by atoms with Crippen molar-refractivity contribution in [3.63, 3.8) is 0 Å². The molecule has 5 heteroatoms. The number of aryl methyl sites for hydroxylation is 1. The second kappa shape index (κ2) is 4.87. The Hall–Kier alpha value is -1.36. The summed E-state index contributed by atoms with van der Waals surface area (Å²) >= 11 is 0. The molecule has 1 fully saturated rings. The second-order valence-electron chi connectivity index (χ2n) is 4.77. The SMILES string of the molecule is CC(O)C1CCN(C(=O)c2cnn(C)c2)CC1. The van der Waals surface area contributed by atoms with E-state index in [1.807, 2.05) is 11.8 Å². The van der Waals surface area contributed by atoms with Gasteiger partial charge < -0.3 is 10.0 Å². The smallest absolute Gasteiger partial charge is 0.257 e. The molecule has 1 aromatic rings. The van der Waals surface area contributed by atoms with Gasteiger partial charge in [0, 0.05) is 26.3 Å². The van der Waals surface area contributed by atoms with Crippen molar-refractivity contribution in [2.45, 2.75) is 25.9 Å². The molecule has 0 saturated carbocycles. The summed E-state index contributed by atoms with van der Waals surface area (Å²) in [6.45, 7) is 3.27. The number of rotatable bonds is 2. The van der Waals surface area contributed by atoms with E-state index in [1.165, 1.54) is 0 Å². The molecule has 1 aliphatic rings. The third-order valence-electron chi connectivity index (χ3n) is 3.46. The number of carbonyl (C=O) groups is 1. The molecule has 2 rings (SSSR count). The number of carbonyl (C=O) groups excluding carboxylic acids is 1. The summed E-state index contributed by atoms with van der Waals surface area (Å²) in [5.41, 5.74) is 0.642. The molecular weight excluding hydrogens is 218 g/mol. The van der Waals surface area contributed by atoms with Crippen LogP contribution in [0.5, 0.6) is 0 Å². The van der Waals surface area contributed by atoms with Crippen LogP contribution in [0.25, 0.3) is 0 Å². The molecule has 1 aromatic heterocycles. The number of hydrogen-bond acceptors (Lipinski definition) is 3. The van der Waals surface area contributed by atoms with E-state index in [-0.39, 0.29) is 12.0 Å². The lowest BCUT2D eigenvalue weighted by molar-refractivity contribution is 0.0521. The molecule has 1 aliphatic heterocycles. The Labute approximate surface area is 101 Å². The Kier molecular flexibility index (Phi) is 3.47. The van der Waals surface area contributed by atoms with Crippen molar-refractivity contribution in [3.05, 3.63) is 18.0 Å². The van der Waals surface area contributed by atoms with Gasteiger partial charge in [0.15, 0.2) is 0 Å². The Morgan fingerprint density at radius 2 is 2.18 bits per heavy atom. The summed E-state index contributed by atoms with van der Waals surface area (Å²) in [6.07, 6.45) is 4.82. The van der Waals surface area contributed by atoms with Gasteiger partial charge in [0.1, 0.15) is 0 Å². The van der Waals surface area contributed by atoms with Crippen LogP contribution in [0.1, 0.15) is 30.1 Å². The number of amides is 1. The Morgan fingerprint density at radius 3 is 2.65 bits per heavy atom. The number of aromatic nitrogens is 2. The van der Waals surface area contributed by atoms with Gasteiger partial charge in [0.2, 0.25) is 0 Å². The molecule has 5 nitrogen and oxygen atoms in total. The van der Waals surface area contributed by atoms with E-state index in [9.17, 15) is 9.90 Å². The molecule has 0 radical (unpaired) electrons. The van der Waals surface area contributed by atoms with Gasteiger partial charge in [-0.05, 0) is 25.7 Å². The van der Waals surface area contributed by atoms with Gasteiger partial charge >= 0.3 is 0 Å². The number of likely N-dealkylation sites (tertiary alicyclic amines) is 1. The molecule has 1 saturated heterocycles. The van der Waals surface area contributed by atoms with E-state index >= 15 is 0 Å². The molecule has 1 unspecified atom stereocenters. The predicted octanol–water partition coefficient (Wildman–Crippen LogP) is 0.653. The van der Waals surface area contributed by atoms with Crippen molar-refractivity contribution in [3.8, 4) is 0 Å². The maximum Gasteiger partial charge on any atom is 0.257 e. The third-order valence-corrected chi connectivity index (χ3v) is 3.46. The summed E-state index contributed by atoms with van der Waals surface area (Å²) < 4.78 is 1.63. The van der Waals surface area contributed by atoms with Gasteiger partial charge in [-0.3, -0.25) is 9.48 Å². The van der Waals surface area contributed by atoms with Crippen LogP contribution in [0, 0.1) is 5.92 Å². The first-order valence-electron chi connectivity index (χ1n) is 6.04. The van der Waals surface area contributed by atoms with Crippen molar-refractivity contribution in [2.24, 2.45) is 13.0 Å². The van der Waals surface area contributed by atoms with Gasteiger partial charge in [-0.25, -0.2) is 0 Å². The van der Waals surface area contributed by atoms with Crippen LogP contribution in [0.2, 0.25) is 0 Å². The number of hydrogen-bond donors (Lipinski definition) is 1. The molecular formula is C12H19N3O2. The van der Waals surface area contributed by atoms with Gasteiger partial charge in [-0.2, -0.15) is 5.10 Å². The molecule has 2 heterocycles. The highest BCUT2D eigenvalue weighted by Crippen LogP contribution is 2.21. The molecule has 17 heavy (non-hydrogen) atoms. The standard InChI is InChI=1S/C12H19N3O2/c1-9(16)10-3-5-15(6-4-10)12(17)11-7-13-14(2)8-11/h7-10,16H,3-6H2,1-2H3. The molecule has 0 spiro atoms. The van der Waals surface area contributed by atoms with E-state index in [0.717, 1.165) is 25.9 Å². The fraction of sp³-hybridized carbons (Fsp3) is 0.667. The van der Waals surface area contributed by atoms with E-state index < -0.39 is 0 Å². The molecule has 0 aliphatic carbocycles. The largest absolute Gasteiger partial charge is 0.393 e. The highest BCUT2D eigenvalue weighted by Gasteiger charge is 2.26. The lowest BCUT2D eigenvalue weighted by Gasteiger charge is -2.33. The normalized spacial score (nSPS) is 19.4. The Bertz CT molecular complexity index is 392. The second-order valence-corrected chi connectivity index (χ2v) is 4.77. The maximum absolute atomic E-state index is 12.1. The minimum absolute atomic E-state index is 0.0437. The van der Waals surface area contributed by atoms with Crippen molar-refractivity contribution < 1.29 is 9.90 Å². The average molecular weight is 237 g/mol. The van der Waals surface area contributed by atoms with Gasteiger partial charge in [0.25, 0.3) is 5.91 Å². The molecule has 1 atom stereocenters. The van der Waals surface area contributed by atoms with Crippen LogP contribution in [-0.2, 0) is 7.05 Å². The number of aliphatic hydroxyl groups is 1. The lowest BCUT2D eigenvalue weighted by Crippen LogP contribution is -2.40. The zero-order chi connectivity index (χ0) is 12.4. The van der Waals surface area contributed by atoms with E-state index in [0.29, 0.717) is 11.5 Å². The highest BCUT2D eigenvalue weighted by molar-refractivity contribution is 5.93. The average Bonchev–Trinajstić information content (AvgIpc) is 2.75. The van der Waals surface area contributed by atoms with Gasteiger partial charge in [-0.1, -0.05) is 0 Å². The van der Waals surface area contributed by atoms with E-state index in [2.05, 4.69) is 5.10 Å². The molecule has 1 N–H and O–H groups in total. The van der Waals surface area contributed by atoms with Gasteiger partial charge in [-0.15, -0.1) is 0 Å². The zero-order valence-electron chi connectivity index (χ0n) is 10.3. The van der Waals surface area contributed by atoms with Crippen molar-refractivity contribution in [1.29, 1.82) is 0 Å². The fourth-order valence-corrected chi connectivity index (χ4v) is 2.30. The van der Waals surface area contributed by atoms with Crippen LogP contribution in [0.3, 0.4) is 0 Å². The number of aliphatic hydroxyl groups excluding tert-OH is 1. The highest BCUT2D eigenvalue weighted by atomic mass is 16.3. The third kappa shape index (κ3) is 2.66. The Morgan fingerprint density at radius 1 is 1.53 bits per heavy atom. The summed E-state index contributed by atoms with van der Waals surface area (Å²) in [4.78, 5) is 13.9. The maximum atomic E-state index is 12.1. The first kappa shape index (κ1) is 12.1. The van der Waals surface area contributed by atoms with E-state index in [4.69, 9.17) is 0 Å². The van der Waals surface area contributed by atoms with Crippen LogP contribution in [0.4, 0.5) is 0 Å². The van der Waals surface area contributed by atoms with Crippen LogP contribution >= 0.6 is 0 Å². The monoisotopic (exact) mass is 237 g/mol. The fourth-order valence-electron chi connectivity index (χ4n) is 2.30. The molecule has 0 bridgehead atoms. The zero-order valence-corrected chi connectivity index (χ0v) is 10.3. The van der Waals surface area contributed by atoms with Crippen LogP contribution in [-0.4, -0.2) is 44.9 Å². The predicted molar refractivity (Wildman–Crippen MR) is 63.5 cm³/mol. The number of nitrogens with zero attached hydrogens (tertiary/aromatic N) is 3.